The number of sulfonamides is 1. The van der Waals surface area contributed by atoms with Crippen molar-refractivity contribution >= 4 is 33.0 Å². The molecule has 1 aromatic rings. The van der Waals surface area contributed by atoms with Crippen molar-refractivity contribution in [3.8, 4) is 0 Å². The second-order valence-electron chi connectivity index (χ2n) is 2.84. The second-order valence-corrected chi connectivity index (χ2v) is 4.74. The van der Waals surface area contributed by atoms with Gasteiger partial charge in [0.15, 0.2) is 0 Å². The topological polar surface area (TPSA) is 146 Å². The molecule has 0 aromatic heterocycles. The van der Waals surface area contributed by atoms with Gasteiger partial charge in [-0.1, -0.05) is 11.6 Å². The quantitative estimate of drug-likeness (QED) is 0.640. The van der Waals surface area contributed by atoms with Gasteiger partial charge in [0.2, 0.25) is 10.0 Å². The standard InChI is InChI=1S/C6H4ClN3O6S/c7-6-4(10(13)14)1-3(9(11)12)2-5(6)17(8,15)16/h1-2H,(H2,8,15,16). The van der Waals surface area contributed by atoms with Crippen molar-refractivity contribution < 1.29 is 18.3 Å². The Bertz CT molecular complexity index is 612. The molecule has 1 aromatic carbocycles. The van der Waals surface area contributed by atoms with Crippen LogP contribution >= 0.6 is 11.6 Å². The molecule has 0 fully saturated rings. The second kappa shape index (κ2) is 4.24. The van der Waals surface area contributed by atoms with Crippen LogP contribution in [0.4, 0.5) is 11.4 Å². The first kappa shape index (κ1) is 13.3. The van der Waals surface area contributed by atoms with Gasteiger partial charge in [0.25, 0.3) is 11.4 Å². The largest absolute Gasteiger partial charge is 0.296 e. The third kappa shape index (κ3) is 2.67. The third-order valence-corrected chi connectivity index (χ3v) is 3.16. The number of benzene rings is 1. The zero-order valence-electron chi connectivity index (χ0n) is 7.86. The van der Waals surface area contributed by atoms with Crippen LogP contribution in [0.2, 0.25) is 5.02 Å². The lowest BCUT2D eigenvalue weighted by Crippen LogP contribution is -2.13. The van der Waals surface area contributed by atoms with Crippen molar-refractivity contribution in [1.29, 1.82) is 0 Å². The molecule has 9 nitrogen and oxygen atoms in total. The fourth-order valence-corrected chi connectivity index (χ4v) is 2.15. The fraction of sp³-hybridized carbons (Fsp3) is 0. The van der Waals surface area contributed by atoms with Crippen molar-refractivity contribution in [3.05, 3.63) is 37.4 Å². The maximum atomic E-state index is 11.1. The number of primary sulfonamides is 1. The molecular weight excluding hydrogens is 278 g/mol. The van der Waals surface area contributed by atoms with Crippen LogP contribution in [-0.4, -0.2) is 18.3 Å². The van der Waals surface area contributed by atoms with Gasteiger partial charge in [-0.2, -0.15) is 0 Å². The van der Waals surface area contributed by atoms with E-state index in [9.17, 15) is 28.6 Å². The van der Waals surface area contributed by atoms with Crippen LogP contribution in [0.1, 0.15) is 0 Å². The zero-order valence-corrected chi connectivity index (χ0v) is 9.43. The molecule has 0 unspecified atom stereocenters. The van der Waals surface area contributed by atoms with Gasteiger partial charge in [-0.3, -0.25) is 20.2 Å². The highest BCUT2D eigenvalue weighted by molar-refractivity contribution is 7.89. The zero-order chi connectivity index (χ0) is 13.4. The summed E-state index contributed by atoms with van der Waals surface area (Å²) < 4.78 is 22.1. The van der Waals surface area contributed by atoms with Crippen molar-refractivity contribution in [2.24, 2.45) is 5.14 Å². The van der Waals surface area contributed by atoms with Crippen LogP contribution in [0.15, 0.2) is 17.0 Å². The summed E-state index contributed by atoms with van der Waals surface area (Å²) in [7, 11) is -4.39. The first-order valence-electron chi connectivity index (χ1n) is 3.79. The normalized spacial score (nSPS) is 11.2. The number of rotatable bonds is 3. The first-order chi connectivity index (χ1) is 7.64. The molecule has 0 atom stereocenters. The average Bonchev–Trinajstić information content (AvgIpc) is 2.15. The molecule has 0 amide bonds. The Morgan fingerprint density at radius 1 is 1.18 bits per heavy atom. The van der Waals surface area contributed by atoms with Crippen LogP contribution in [0, 0.1) is 20.2 Å². The van der Waals surface area contributed by atoms with E-state index in [2.05, 4.69) is 0 Å². The maximum Gasteiger partial charge on any atom is 0.296 e. The number of hydrogen-bond acceptors (Lipinski definition) is 6. The van der Waals surface area contributed by atoms with E-state index in [4.69, 9.17) is 16.7 Å². The predicted molar refractivity (Wildman–Crippen MR) is 56.1 cm³/mol. The molecule has 0 aliphatic rings. The Balaban J connectivity index is 3.73. The van der Waals surface area contributed by atoms with Gasteiger partial charge in [0, 0.05) is 6.07 Å². The van der Waals surface area contributed by atoms with Gasteiger partial charge in [0.05, 0.1) is 15.9 Å². The maximum absolute atomic E-state index is 11.1. The first-order valence-corrected chi connectivity index (χ1v) is 5.72. The molecule has 1 rings (SSSR count). The van der Waals surface area contributed by atoms with Crippen molar-refractivity contribution in [1.82, 2.24) is 0 Å². The average molecular weight is 282 g/mol. The van der Waals surface area contributed by atoms with Crippen LogP contribution < -0.4 is 5.14 Å². The summed E-state index contributed by atoms with van der Waals surface area (Å²) in [6, 6.07) is 1.11. The Labute approximate surface area is 99.1 Å². The molecule has 0 aliphatic carbocycles. The van der Waals surface area contributed by atoms with Gasteiger partial charge < -0.3 is 0 Å². The number of nitro benzene ring substituents is 2. The van der Waals surface area contributed by atoms with E-state index < -0.39 is 41.2 Å². The van der Waals surface area contributed by atoms with Crippen LogP contribution in [0.3, 0.4) is 0 Å². The minimum absolute atomic E-state index is 0.553. The van der Waals surface area contributed by atoms with E-state index in [1.165, 1.54) is 0 Å². The lowest BCUT2D eigenvalue weighted by atomic mass is 10.3. The molecule has 0 heterocycles. The molecule has 0 radical (unpaired) electrons. The Kier molecular flexibility index (Phi) is 3.31. The molecule has 17 heavy (non-hydrogen) atoms. The molecule has 0 aliphatic heterocycles. The Morgan fingerprint density at radius 2 is 1.71 bits per heavy atom. The molecule has 92 valence electrons. The molecule has 0 saturated heterocycles. The summed E-state index contributed by atoms with van der Waals surface area (Å²) in [4.78, 5) is 18.1. The minimum Gasteiger partial charge on any atom is -0.258 e. The van der Waals surface area contributed by atoms with E-state index in [0.717, 1.165) is 0 Å². The van der Waals surface area contributed by atoms with Crippen molar-refractivity contribution in [2.45, 2.75) is 4.90 Å². The molecule has 0 bridgehead atoms. The minimum atomic E-state index is -4.39. The summed E-state index contributed by atoms with van der Waals surface area (Å²) in [5, 5.41) is 25.0. The summed E-state index contributed by atoms with van der Waals surface area (Å²) >= 11 is 5.44. The number of nitrogens with zero attached hydrogens (tertiary/aromatic N) is 2. The number of hydrogen-bond donors (Lipinski definition) is 1. The fourth-order valence-electron chi connectivity index (χ4n) is 1.01. The van der Waals surface area contributed by atoms with Gasteiger partial charge in [-0.15, -0.1) is 0 Å². The number of halogens is 1. The lowest BCUT2D eigenvalue weighted by Gasteiger charge is -2.02. The molecule has 0 saturated carbocycles. The van der Waals surface area contributed by atoms with E-state index in [1.807, 2.05) is 0 Å². The molecule has 11 heteroatoms. The molecule has 0 spiro atoms. The van der Waals surface area contributed by atoms with E-state index in [1.54, 1.807) is 0 Å². The molecule has 2 N–H and O–H groups in total. The van der Waals surface area contributed by atoms with Crippen LogP contribution in [0.25, 0.3) is 0 Å². The molecular formula is C6H4ClN3O6S. The number of non-ortho nitro benzene ring substituents is 1. The van der Waals surface area contributed by atoms with Crippen molar-refractivity contribution in [2.75, 3.05) is 0 Å². The van der Waals surface area contributed by atoms with E-state index >= 15 is 0 Å². The van der Waals surface area contributed by atoms with E-state index in [0.29, 0.717) is 12.1 Å². The highest BCUT2D eigenvalue weighted by Gasteiger charge is 2.27. The summed E-state index contributed by atoms with van der Waals surface area (Å²) in [5.74, 6) is 0. The third-order valence-electron chi connectivity index (χ3n) is 1.72. The lowest BCUT2D eigenvalue weighted by molar-refractivity contribution is -0.394. The SMILES string of the molecule is NS(=O)(=O)c1cc([N+](=O)[O-])cc([N+](=O)[O-])c1Cl. The highest BCUT2D eigenvalue weighted by atomic mass is 35.5. The Hall–Kier alpha value is -1.78. The van der Waals surface area contributed by atoms with Crippen LogP contribution in [0.5, 0.6) is 0 Å². The summed E-state index contributed by atoms with van der Waals surface area (Å²) in [5.41, 5.74) is -1.69. The predicted octanol–water partition coefficient (Wildman–Crippen LogP) is 0.804. The van der Waals surface area contributed by atoms with Gasteiger partial charge in [-0.25, -0.2) is 13.6 Å². The summed E-state index contributed by atoms with van der Waals surface area (Å²) in [6.07, 6.45) is 0. The van der Waals surface area contributed by atoms with Crippen molar-refractivity contribution in [3.63, 3.8) is 0 Å². The monoisotopic (exact) mass is 281 g/mol. The smallest absolute Gasteiger partial charge is 0.258 e. The highest BCUT2D eigenvalue weighted by Crippen LogP contribution is 2.34. The van der Waals surface area contributed by atoms with Crippen LogP contribution in [-0.2, 0) is 10.0 Å². The van der Waals surface area contributed by atoms with E-state index in [-0.39, 0.29) is 0 Å². The van der Waals surface area contributed by atoms with Gasteiger partial charge in [0.1, 0.15) is 9.92 Å². The number of nitro groups is 2. The van der Waals surface area contributed by atoms with Gasteiger partial charge in [-0.05, 0) is 0 Å². The Morgan fingerprint density at radius 3 is 2.06 bits per heavy atom. The number of nitrogens with two attached hydrogens (primary N) is 1. The summed E-state index contributed by atoms with van der Waals surface area (Å²) in [6.45, 7) is 0. The van der Waals surface area contributed by atoms with Gasteiger partial charge >= 0.3 is 0 Å².